The van der Waals surface area contributed by atoms with Gasteiger partial charge >= 0.3 is 0 Å². The highest BCUT2D eigenvalue weighted by Gasteiger charge is 2.20. The van der Waals surface area contributed by atoms with Gasteiger partial charge in [-0.25, -0.2) is 8.78 Å². The maximum Gasteiger partial charge on any atom is 0.129 e. The number of rotatable bonds is 6. The second-order valence-corrected chi connectivity index (χ2v) is 7.00. The first kappa shape index (κ1) is 17.1. The summed E-state index contributed by atoms with van der Waals surface area (Å²) in [5.41, 5.74) is 0.468. The van der Waals surface area contributed by atoms with Crippen LogP contribution in [0.4, 0.5) is 8.78 Å². The first-order valence-electron chi connectivity index (χ1n) is 7.33. The van der Waals surface area contributed by atoms with Gasteiger partial charge in [0, 0.05) is 11.6 Å². The molecule has 0 radical (unpaired) electrons. The highest BCUT2D eigenvalue weighted by Crippen LogP contribution is 2.27. The molecule has 0 heterocycles. The SMILES string of the molecule is CNC(Cc1c(F)cccc1F)CC(C)CC(C)(C)C. The molecule has 3 heteroatoms. The van der Waals surface area contributed by atoms with Crippen molar-refractivity contribution < 1.29 is 8.78 Å². The van der Waals surface area contributed by atoms with Gasteiger partial charge in [-0.05, 0) is 49.8 Å². The molecular weight excluding hydrogens is 256 g/mol. The van der Waals surface area contributed by atoms with Gasteiger partial charge in [0.1, 0.15) is 11.6 Å². The van der Waals surface area contributed by atoms with Crippen LogP contribution in [0.15, 0.2) is 18.2 Å². The minimum atomic E-state index is -0.450. The third-order valence-corrected chi connectivity index (χ3v) is 3.57. The average Bonchev–Trinajstić information content (AvgIpc) is 2.30. The van der Waals surface area contributed by atoms with Crippen molar-refractivity contribution in [2.75, 3.05) is 7.05 Å². The molecule has 1 aromatic carbocycles. The predicted molar refractivity (Wildman–Crippen MR) is 80.8 cm³/mol. The van der Waals surface area contributed by atoms with Crippen LogP contribution in [0.3, 0.4) is 0 Å². The smallest absolute Gasteiger partial charge is 0.129 e. The van der Waals surface area contributed by atoms with Crippen molar-refractivity contribution in [3.05, 3.63) is 35.4 Å². The fraction of sp³-hybridized carbons (Fsp3) is 0.647. The van der Waals surface area contributed by atoms with E-state index in [9.17, 15) is 8.78 Å². The number of nitrogens with one attached hydrogen (secondary N) is 1. The number of hydrogen-bond acceptors (Lipinski definition) is 1. The van der Waals surface area contributed by atoms with Crippen LogP contribution in [0.5, 0.6) is 0 Å². The molecule has 0 amide bonds. The molecule has 2 unspecified atom stereocenters. The molecule has 0 bridgehead atoms. The zero-order valence-electron chi connectivity index (χ0n) is 13.3. The largest absolute Gasteiger partial charge is 0.317 e. The maximum atomic E-state index is 13.7. The summed E-state index contributed by atoms with van der Waals surface area (Å²) in [5.74, 6) is -0.385. The molecule has 0 aliphatic heterocycles. The van der Waals surface area contributed by atoms with Crippen molar-refractivity contribution in [2.24, 2.45) is 11.3 Å². The van der Waals surface area contributed by atoms with Gasteiger partial charge in [-0.3, -0.25) is 0 Å². The third kappa shape index (κ3) is 5.58. The number of likely N-dealkylation sites (N-methyl/N-ethyl adjacent to an activating group) is 1. The van der Waals surface area contributed by atoms with Crippen LogP contribution in [0.2, 0.25) is 0 Å². The lowest BCUT2D eigenvalue weighted by atomic mass is 9.82. The van der Waals surface area contributed by atoms with E-state index in [1.54, 1.807) is 0 Å². The lowest BCUT2D eigenvalue weighted by Crippen LogP contribution is -2.31. The van der Waals surface area contributed by atoms with Crippen LogP contribution in [0.1, 0.15) is 46.1 Å². The highest BCUT2D eigenvalue weighted by molar-refractivity contribution is 5.20. The molecule has 1 rings (SSSR count). The van der Waals surface area contributed by atoms with E-state index in [-0.39, 0.29) is 17.0 Å². The summed E-state index contributed by atoms with van der Waals surface area (Å²) in [6.07, 6.45) is 2.41. The van der Waals surface area contributed by atoms with Crippen molar-refractivity contribution in [3.8, 4) is 0 Å². The Morgan fingerprint density at radius 2 is 1.70 bits per heavy atom. The molecule has 1 aromatic rings. The van der Waals surface area contributed by atoms with Crippen LogP contribution in [-0.2, 0) is 6.42 Å². The Kier molecular flexibility index (Phi) is 6.12. The Morgan fingerprint density at radius 1 is 1.15 bits per heavy atom. The van der Waals surface area contributed by atoms with E-state index in [1.807, 2.05) is 7.05 Å². The molecule has 0 aliphatic rings. The van der Waals surface area contributed by atoms with Crippen molar-refractivity contribution in [3.63, 3.8) is 0 Å². The van der Waals surface area contributed by atoms with Crippen LogP contribution in [0, 0.1) is 23.0 Å². The molecular formula is C17H27F2N. The van der Waals surface area contributed by atoms with E-state index in [4.69, 9.17) is 0 Å². The minimum Gasteiger partial charge on any atom is -0.317 e. The van der Waals surface area contributed by atoms with Gasteiger partial charge in [0.25, 0.3) is 0 Å². The zero-order valence-corrected chi connectivity index (χ0v) is 13.3. The summed E-state index contributed by atoms with van der Waals surface area (Å²) in [4.78, 5) is 0. The second kappa shape index (κ2) is 7.16. The van der Waals surface area contributed by atoms with Crippen molar-refractivity contribution in [2.45, 2.75) is 53.0 Å². The summed E-state index contributed by atoms with van der Waals surface area (Å²) in [7, 11) is 1.85. The summed E-state index contributed by atoms with van der Waals surface area (Å²) >= 11 is 0. The molecule has 2 atom stereocenters. The minimum absolute atomic E-state index is 0.0961. The fourth-order valence-corrected chi connectivity index (χ4v) is 2.89. The number of hydrogen-bond donors (Lipinski definition) is 1. The van der Waals surface area contributed by atoms with Gasteiger partial charge in [0.15, 0.2) is 0 Å². The molecule has 20 heavy (non-hydrogen) atoms. The van der Waals surface area contributed by atoms with Crippen molar-refractivity contribution in [1.82, 2.24) is 5.32 Å². The second-order valence-electron chi connectivity index (χ2n) is 7.00. The van der Waals surface area contributed by atoms with Crippen LogP contribution >= 0.6 is 0 Å². The lowest BCUT2D eigenvalue weighted by molar-refractivity contribution is 0.276. The van der Waals surface area contributed by atoms with E-state index < -0.39 is 11.6 Å². The molecule has 114 valence electrons. The van der Waals surface area contributed by atoms with E-state index >= 15 is 0 Å². The average molecular weight is 283 g/mol. The number of benzene rings is 1. The normalized spacial score (nSPS) is 15.2. The van der Waals surface area contributed by atoms with Gasteiger partial charge in [0.05, 0.1) is 0 Å². The maximum absolute atomic E-state index is 13.7. The lowest BCUT2D eigenvalue weighted by Gasteiger charge is -2.26. The van der Waals surface area contributed by atoms with Gasteiger partial charge in [-0.2, -0.15) is 0 Å². The molecule has 0 aliphatic carbocycles. The third-order valence-electron chi connectivity index (χ3n) is 3.57. The first-order chi connectivity index (χ1) is 9.23. The molecule has 0 saturated heterocycles. The van der Waals surface area contributed by atoms with Gasteiger partial charge in [-0.15, -0.1) is 0 Å². The summed E-state index contributed by atoms with van der Waals surface area (Å²) in [5, 5.41) is 3.19. The Balaban J connectivity index is 2.68. The predicted octanol–water partition coefficient (Wildman–Crippen LogP) is 4.56. The van der Waals surface area contributed by atoms with Crippen LogP contribution in [0.25, 0.3) is 0 Å². The van der Waals surface area contributed by atoms with Crippen molar-refractivity contribution >= 4 is 0 Å². The molecule has 0 saturated carbocycles. The van der Waals surface area contributed by atoms with E-state index in [1.165, 1.54) is 18.2 Å². The zero-order chi connectivity index (χ0) is 15.3. The van der Waals surface area contributed by atoms with Crippen molar-refractivity contribution in [1.29, 1.82) is 0 Å². The number of halogens is 2. The summed E-state index contributed by atoms with van der Waals surface area (Å²) in [6.45, 7) is 8.85. The molecule has 1 N–H and O–H groups in total. The Morgan fingerprint density at radius 3 is 2.15 bits per heavy atom. The Hall–Kier alpha value is -0.960. The molecule has 0 spiro atoms. The van der Waals surface area contributed by atoms with Gasteiger partial charge in [-0.1, -0.05) is 33.8 Å². The standard InChI is InChI=1S/C17H27F2N/c1-12(11-17(2,3)4)9-13(20-5)10-14-15(18)7-6-8-16(14)19/h6-8,12-13,20H,9-11H2,1-5H3. The highest BCUT2D eigenvalue weighted by atomic mass is 19.1. The van der Waals surface area contributed by atoms with E-state index in [2.05, 4.69) is 33.0 Å². The fourth-order valence-electron chi connectivity index (χ4n) is 2.89. The monoisotopic (exact) mass is 283 g/mol. The quantitative estimate of drug-likeness (QED) is 0.807. The summed E-state index contributed by atoms with van der Waals surface area (Å²) in [6, 6.07) is 4.15. The molecule has 0 aromatic heterocycles. The summed E-state index contributed by atoms with van der Waals surface area (Å²) < 4.78 is 27.4. The first-order valence-corrected chi connectivity index (χ1v) is 7.33. The van der Waals surface area contributed by atoms with Gasteiger partial charge in [0.2, 0.25) is 0 Å². The van der Waals surface area contributed by atoms with E-state index in [0.717, 1.165) is 12.8 Å². The van der Waals surface area contributed by atoms with E-state index in [0.29, 0.717) is 12.3 Å². The topological polar surface area (TPSA) is 12.0 Å². The van der Waals surface area contributed by atoms with Gasteiger partial charge < -0.3 is 5.32 Å². The van der Waals surface area contributed by atoms with Crippen LogP contribution < -0.4 is 5.32 Å². The Bertz CT molecular complexity index is 403. The van der Waals surface area contributed by atoms with Crippen LogP contribution in [-0.4, -0.2) is 13.1 Å². The molecule has 1 nitrogen and oxygen atoms in total. The Labute approximate surface area is 121 Å². The molecule has 0 fully saturated rings.